The van der Waals surface area contributed by atoms with Gasteiger partial charge in [0.05, 0.1) is 12.2 Å². The number of aromatic amines is 2. The second kappa shape index (κ2) is 5.50. The first-order valence-corrected chi connectivity index (χ1v) is 6.89. The molecular formula is C14H15N3O2S. The second-order valence-electron chi connectivity index (χ2n) is 4.75. The topological polar surface area (TPSA) is 61.1 Å². The lowest BCUT2D eigenvalue weighted by Gasteiger charge is -2.25. The summed E-state index contributed by atoms with van der Waals surface area (Å²) in [7, 11) is 0. The summed E-state index contributed by atoms with van der Waals surface area (Å²) < 4.78 is 5.93. The quantitative estimate of drug-likeness (QED) is 0.836. The van der Waals surface area contributed by atoms with Gasteiger partial charge in [-0.3, -0.25) is 0 Å². The van der Waals surface area contributed by atoms with Gasteiger partial charge in [0.15, 0.2) is 4.77 Å². The highest BCUT2D eigenvalue weighted by Gasteiger charge is 2.23. The van der Waals surface area contributed by atoms with Crippen molar-refractivity contribution in [3.63, 3.8) is 0 Å². The van der Waals surface area contributed by atoms with E-state index in [1.165, 1.54) is 0 Å². The monoisotopic (exact) mass is 289 g/mol. The summed E-state index contributed by atoms with van der Waals surface area (Å²) in [5, 5.41) is 0. The number of carbonyl (C=O) groups excluding carboxylic acids is 1. The number of rotatable bonds is 2. The molecule has 1 aliphatic heterocycles. The molecule has 0 aliphatic carbocycles. The van der Waals surface area contributed by atoms with Gasteiger partial charge in [0.1, 0.15) is 6.61 Å². The largest absolute Gasteiger partial charge is 0.445 e. The van der Waals surface area contributed by atoms with Gasteiger partial charge < -0.3 is 19.6 Å². The van der Waals surface area contributed by atoms with Crippen molar-refractivity contribution >= 4 is 18.3 Å². The van der Waals surface area contributed by atoms with Crippen LogP contribution in [0.2, 0.25) is 0 Å². The van der Waals surface area contributed by atoms with Gasteiger partial charge in [-0.05, 0) is 17.8 Å². The molecular weight excluding hydrogens is 274 g/mol. The van der Waals surface area contributed by atoms with Gasteiger partial charge in [-0.1, -0.05) is 30.3 Å². The highest BCUT2D eigenvalue weighted by molar-refractivity contribution is 7.71. The molecule has 0 atom stereocenters. The summed E-state index contributed by atoms with van der Waals surface area (Å²) in [5.74, 6) is 0. The van der Waals surface area contributed by atoms with Crippen molar-refractivity contribution in [2.75, 3.05) is 6.54 Å². The number of hydrogen-bond donors (Lipinski definition) is 2. The number of fused-ring (bicyclic) bond motifs is 1. The first-order valence-electron chi connectivity index (χ1n) is 6.48. The Morgan fingerprint density at radius 2 is 2.00 bits per heavy atom. The van der Waals surface area contributed by atoms with Crippen LogP contribution in [0, 0.1) is 4.77 Å². The van der Waals surface area contributed by atoms with E-state index in [0.717, 1.165) is 23.4 Å². The summed E-state index contributed by atoms with van der Waals surface area (Å²) in [6, 6.07) is 9.66. The van der Waals surface area contributed by atoms with Crippen molar-refractivity contribution in [2.45, 2.75) is 19.6 Å². The van der Waals surface area contributed by atoms with Gasteiger partial charge in [0.2, 0.25) is 0 Å². The minimum absolute atomic E-state index is 0.292. The predicted molar refractivity (Wildman–Crippen MR) is 76.7 cm³/mol. The zero-order valence-electron chi connectivity index (χ0n) is 10.9. The molecule has 0 bridgehead atoms. The SMILES string of the molecule is O=C(OCc1ccccc1)N1CCc2[nH]c(=S)[nH]c2C1. The van der Waals surface area contributed by atoms with Crippen molar-refractivity contribution in [3.05, 3.63) is 52.1 Å². The van der Waals surface area contributed by atoms with E-state index in [1.807, 2.05) is 30.3 Å². The van der Waals surface area contributed by atoms with Crippen LogP contribution in [-0.4, -0.2) is 27.5 Å². The van der Waals surface area contributed by atoms with E-state index in [-0.39, 0.29) is 6.09 Å². The van der Waals surface area contributed by atoms with Crippen LogP contribution in [0.25, 0.3) is 0 Å². The van der Waals surface area contributed by atoms with Crippen LogP contribution in [-0.2, 0) is 24.3 Å². The molecule has 104 valence electrons. The summed E-state index contributed by atoms with van der Waals surface area (Å²) in [6.07, 6.45) is 0.475. The van der Waals surface area contributed by atoms with Gasteiger partial charge in [-0.25, -0.2) is 4.79 Å². The van der Waals surface area contributed by atoms with Crippen molar-refractivity contribution in [2.24, 2.45) is 0 Å². The molecule has 0 saturated carbocycles. The Balaban J connectivity index is 1.60. The minimum Gasteiger partial charge on any atom is -0.445 e. The molecule has 1 aliphatic rings. The molecule has 1 aromatic heterocycles. The van der Waals surface area contributed by atoms with Crippen molar-refractivity contribution < 1.29 is 9.53 Å². The zero-order chi connectivity index (χ0) is 13.9. The lowest BCUT2D eigenvalue weighted by Crippen LogP contribution is -2.36. The number of hydrogen-bond acceptors (Lipinski definition) is 3. The molecule has 2 aromatic rings. The Bertz CT molecular complexity index is 663. The van der Waals surface area contributed by atoms with Crippen LogP contribution < -0.4 is 0 Å². The Labute approximate surface area is 121 Å². The van der Waals surface area contributed by atoms with Gasteiger partial charge in [-0.15, -0.1) is 0 Å². The first-order chi connectivity index (χ1) is 9.72. The fraction of sp³-hybridized carbons (Fsp3) is 0.286. The predicted octanol–water partition coefficient (Wildman–Crippen LogP) is 2.77. The molecule has 1 aromatic carbocycles. The summed E-state index contributed by atoms with van der Waals surface area (Å²) in [6.45, 7) is 1.45. The Hall–Kier alpha value is -2.08. The molecule has 0 spiro atoms. The Morgan fingerprint density at radius 3 is 2.80 bits per heavy atom. The normalized spacial score (nSPS) is 13.9. The van der Waals surface area contributed by atoms with Crippen LogP contribution in [0.1, 0.15) is 17.0 Å². The third-order valence-electron chi connectivity index (χ3n) is 3.34. The Kier molecular flexibility index (Phi) is 3.56. The molecule has 0 saturated heterocycles. The molecule has 1 amide bonds. The van der Waals surface area contributed by atoms with Crippen molar-refractivity contribution in [1.29, 1.82) is 0 Å². The molecule has 0 radical (unpaired) electrons. The molecule has 2 heterocycles. The van der Waals surface area contributed by atoms with Crippen molar-refractivity contribution in [3.8, 4) is 0 Å². The van der Waals surface area contributed by atoms with Crippen LogP contribution >= 0.6 is 12.2 Å². The number of benzene rings is 1. The Morgan fingerprint density at radius 1 is 1.25 bits per heavy atom. The number of H-pyrrole nitrogens is 2. The van der Waals surface area contributed by atoms with E-state index in [1.54, 1.807) is 4.90 Å². The number of imidazole rings is 1. The van der Waals surface area contributed by atoms with Crippen molar-refractivity contribution in [1.82, 2.24) is 14.9 Å². The van der Waals surface area contributed by atoms with E-state index in [9.17, 15) is 4.79 Å². The van der Waals surface area contributed by atoms with E-state index < -0.39 is 0 Å². The molecule has 0 fully saturated rings. The van der Waals surface area contributed by atoms with Gasteiger partial charge in [-0.2, -0.15) is 0 Å². The highest BCUT2D eigenvalue weighted by Crippen LogP contribution is 2.16. The van der Waals surface area contributed by atoms with E-state index in [4.69, 9.17) is 17.0 Å². The van der Waals surface area contributed by atoms with Gasteiger partial charge in [0.25, 0.3) is 0 Å². The standard InChI is InChI=1S/C14H15N3O2S/c18-14(19-9-10-4-2-1-3-5-10)17-7-6-11-12(8-17)16-13(20)15-11/h1-5H,6-9H2,(H2,15,16,20). The number of aromatic nitrogens is 2. The third kappa shape index (κ3) is 2.75. The summed E-state index contributed by atoms with van der Waals surface area (Å²) in [5.41, 5.74) is 3.04. The highest BCUT2D eigenvalue weighted by atomic mass is 32.1. The molecule has 0 unspecified atom stereocenters. The lowest BCUT2D eigenvalue weighted by atomic mass is 10.1. The van der Waals surface area contributed by atoms with Crippen LogP contribution in [0.5, 0.6) is 0 Å². The fourth-order valence-corrected chi connectivity index (χ4v) is 2.53. The van der Waals surface area contributed by atoms with E-state index in [2.05, 4.69) is 9.97 Å². The second-order valence-corrected chi connectivity index (χ2v) is 5.16. The maximum Gasteiger partial charge on any atom is 0.410 e. The van der Waals surface area contributed by atoms with Crippen LogP contribution in [0.4, 0.5) is 4.79 Å². The number of amides is 1. The first kappa shape index (κ1) is 12.9. The summed E-state index contributed by atoms with van der Waals surface area (Å²) >= 11 is 5.05. The van der Waals surface area contributed by atoms with E-state index >= 15 is 0 Å². The lowest BCUT2D eigenvalue weighted by molar-refractivity contribution is 0.0913. The number of nitrogens with one attached hydrogen (secondary N) is 2. The number of ether oxygens (including phenoxy) is 1. The number of nitrogens with zero attached hydrogens (tertiary/aromatic N) is 1. The third-order valence-corrected chi connectivity index (χ3v) is 3.54. The average Bonchev–Trinajstić information content (AvgIpc) is 2.85. The maximum absolute atomic E-state index is 12.0. The van der Waals surface area contributed by atoms with Crippen LogP contribution in [0.15, 0.2) is 30.3 Å². The molecule has 3 rings (SSSR count). The maximum atomic E-state index is 12.0. The minimum atomic E-state index is -0.292. The molecule has 2 N–H and O–H groups in total. The smallest absolute Gasteiger partial charge is 0.410 e. The van der Waals surface area contributed by atoms with Gasteiger partial charge in [0, 0.05) is 18.7 Å². The molecule has 6 heteroatoms. The summed E-state index contributed by atoms with van der Waals surface area (Å²) in [4.78, 5) is 19.9. The average molecular weight is 289 g/mol. The molecule has 5 nitrogen and oxygen atoms in total. The van der Waals surface area contributed by atoms with E-state index in [0.29, 0.717) is 24.5 Å². The zero-order valence-corrected chi connectivity index (χ0v) is 11.7. The molecule has 20 heavy (non-hydrogen) atoms. The van der Waals surface area contributed by atoms with Gasteiger partial charge >= 0.3 is 6.09 Å². The number of carbonyl (C=O) groups is 1. The fourth-order valence-electron chi connectivity index (χ4n) is 2.29. The van der Waals surface area contributed by atoms with Crippen LogP contribution in [0.3, 0.4) is 0 Å².